The van der Waals surface area contributed by atoms with Crippen molar-refractivity contribution in [3.63, 3.8) is 0 Å². The Bertz CT molecular complexity index is 920. The van der Waals surface area contributed by atoms with Crippen molar-refractivity contribution in [3.05, 3.63) is 60.7 Å². The molecule has 0 amide bonds. The molecule has 5 nitrogen and oxygen atoms in total. The lowest BCUT2D eigenvalue weighted by atomic mass is 10.1. The Balaban J connectivity index is 1.80. The molecule has 8 heteroatoms. The summed E-state index contributed by atoms with van der Waals surface area (Å²) in [5.41, 5.74) is 2.42. The van der Waals surface area contributed by atoms with Crippen LogP contribution in [-0.4, -0.2) is 26.9 Å². The number of benzene rings is 1. The van der Waals surface area contributed by atoms with Crippen LogP contribution >= 0.6 is 0 Å². The Hall–Kier alpha value is -3.03. The number of aromatic nitrogens is 3. The van der Waals surface area contributed by atoms with Gasteiger partial charge in [-0.2, -0.15) is 0 Å². The van der Waals surface area contributed by atoms with E-state index in [4.69, 9.17) is 0 Å². The third kappa shape index (κ3) is 5.03. The number of hydrogen-bond donors (Lipinski definition) is 0. The molecule has 28 heavy (non-hydrogen) atoms. The van der Waals surface area contributed by atoms with Gasteiger partial charge < -0.3 is 14.2 Å². The molecule has 0 radical (unpaired) electrons. The Morgan fingerprint density at radius 1 is 1.11 bits per heavy atom. The Kier molecular flexibility index (Phi) is 5.58. The highest BCUT2D eigenvalue weighted by Crippen LogP contribution is 2.26. The summed E-state index contributed by atoms with van der Waals surface area (Å²) in [6.07, 6.45) is 0.710. The van der Waals surface area contributed by atoms with E-state index in [2.05, 4.69) is 33.5 Å². The van der Waals surface area contributed by atoms with E-state index in [0.29, 0.717) is 17.8 Å². The third-order valence-corrected chi connectivity index (χ3v) is 4.17. The molecule has 0 atom stereocenters. The van der Waals surface area contributed by atoms with Gasteiger partial charge in [-0.15, -0.1) is 13.2 Å². The van der Waals surface area contributed by atoms with Crippen molar-refractivity contribution < 1.29 is 17.9 Å². The molecule has 0 aliphatic rings. The van der Waals surface area contributed by atoms with Gasteiger partial charge in [-0.05, 0) is 55.8 Å². The van der Waals surface area contributed by atoms with Crippen LogP contribution < -0.4 is 9.64 Å². The molecular formula is C20H21F3N4O. The Morgan fingerprint density at radius 2 is 1.82 bits per heavy atom. The van der Waals surface area contributed by atoms with Crippen molar-refractivity contribution in [2.24, 2.45) is 7.05 Å². The molecule has 2 heterocycles. The fraction of sp³-hybridized carbons (Fsp3) is 0.300. The van der Waals surface area contributed by atoms with Gasteiger partial charge in [-0.25, -0.2) is 4.98 Å². The highest BCUT2D eigenvalue weighted by molar-refractivity contribution is 5.61. The number of imidazole rings is 1. The van der Waals surface area contributed by atoms with Gasteiger partial charge in [-0.3, -0.25) is 4.98 Å². The molecule has 148 valence electrons. The zero-order chi connectivity index (χ0) is 20.3. The van der Waals surface area contributed by atoms with Crippen molar-refractivity contribution in [2.75, 3.05) is 4.90 Å². The molecule has 0 saturated carbocycles. The molecule has 0 bridgehead atoms. The normalized spacial score (nSPS) is 11.7. The van der Waals surface area contributed by atoms with Crippen LogP contribution in [0, 0.1) is 0 Å². The van der Waals surface area contributed by atoms with Gasteiger partial charge in [0.25, 0.3) is 0 Å². The largest absolute Gasteiger partial charge is 0.573 e. The van der Waals surface area contributed by atoms with Crippen molar-refractivity contribution >= 4 is 5.82 Å². The number of nitrogens with zero attached hydrogens (tertiary/aromatic N) is 4. The first kappa shape index (κ1) is 19.7. The average molecular weight is 390 g/mol. The Labute approximate surface area is 161 Å². The summed E-state index contributed by atoms with van der Waals surface area (Å²) in [6.45, 7) is 4.83. The van der Waals surface area contributed by atoms with Crippen LogP contribution in [-0.2, 0) is 13.6 Å². The predicted octanol–water partition coefficient (Wildman–Crippen LogP) is 4.80. The maximum Gasteiger partial charge on any atom is 0.573 e. The van der Waals surface area contributed by atoms with E-state index in [-0.39, 0.29) is 11.8 Å². The van der Waals surface area contributed by atoms with E-state index in [9.17, 15) is 13.2 Å². The zero-order valence-electron chi connectivity index (χ0n) is 15.8. The number of halogens is 3. The minimum atomic E-state index is -4.70. The van der Waals surface area contributed by atoms with Gasteiger partial charge in [0, 0.05) is 37.6 Å². The van der Waals surface area contributed by atoms with Crippen molar-refractivity contribution in [1.82, 2.24) is 14.5 Å². The summed E-state index contributed by atoms with van der Waals surface area (Å²) in [5.74, 6) is 0.623. The van der Waals surface area contributed by atoms with E-state index >= 15 is 0 Å². The standard InChI is InChI=1S/C20H21F3N4O/c1-14(2)27(19-12-26(3)13-25-19)11-15-8-9-24-18(10-15)16-4-6-17(7-5-16)28-20(21,22)23/h4-10,12-14H,11H2,1-3H3. The molecule has 3 rings (SSSR count). The summed E-state index contributed by atoms with van der Waals surface area (Å²) in [7, 11) is 1.92. The van der Waals surface area contributed by atoms with Crippen LogP contribution in [0.15, 0.2) is 55.1 Å². The van der Waals surface area contributed by atoms with Gasteiger partial charge in [-0.1, -0.05) is 0 Å². The molecule has 0 unspecified atom stereocenters. The number of ether oxygens (including phenoxy) is 1. The van der Waals surface area contributed by atoms with E-state index in [1.54, 1.807) is 24.7 Å². The molecular weight excluding hydrogens is 369 g/mol. The predicted molar refractivity (Wildman–Crippen MR) is 101 cm³/mol. The molecule has 1 aromatic carbocycles. The molecule has 0 aliphatic heterocycles. The number of pyridine rings is 1. The topological polar surface area (TPSA) is 43.2 Å². The molecule has 0 saturated heterocycles. The number of rotatable bonds is 6. The summed E-state index contributed by atoms with van der Waals surface area (Å²) < 4.78 is 42.7. The molecule has 2 aromatic heterocycles. The van der Waals surface area contributed by atoms with E-state index < -0.39 is 6.36 Å². The van der Waals surface area contributed by atoms with Crippen LogP contribution in [0.25, 0.3) is 11.3 Å². The molecule has 3 aromatic rings. The van der Waals surface area contributed by atoms with E-state index in [1.807, 2.05) is 29.9 Å². The SMILES string of the molecule is CC(C)N(Cc1ccnc(-c2ccc(OC(F)(F)F)cc2)c1)c1cn(C)cn1. The maximum absolute atomic E-state index is 12.3. The number of alkyl halides is 3. The third-order valence-electron chi connectivity index (χ3n) is 4.17. The van der Waals surface area contributed by atoms with E-state index in [0.717, 1.165) is 11.4 Å². The first-order valence-electron chi connectivity index (χ1n) is 8.77. The van der Waals surface area contributed by atoms with Crippen molar-refractivity contribution in [1.29, 1.82) is 0 Å². The summed E-state index contributed by atoms with van der Waals surface area (Å²) in [6, 6.07) is 9.78. The minimum absolute atomic E-state index is 0.241. The number of aryl methyl sites for hydroxylation is 1. The second kappa shape index (κ2) is 7.92. The zero-order valence-corrected chi connectivity index (χ0v) is 15.8. The highest BCUT2D eigenvalue weighted by atomic mass is 19.4. The lowest BCUT2D eigenvalue weighted by molar-refractivity contribution is -0.274. The first-order valence-corrected chi connectivity index (χ1v) is 8.77. The van der Waals surface area contributed by atoms with Crippen molar-refractivity contribution in [2.45, 2.75) is 32.8 Å². The molecule has 0 N–H and O–H groups in total. The second-order valence-corrected chi connectivity index (χ2v) is 6.74. The van der Waals surface area contributed by atoms with Gasteiger partial charge in [0.1, 0.15) is 11.6 Å². The van der Waals surface area contributed by atoms with Crippen LogP contribution in [0.1, 0.15) is 19.4 Å². The smallest absolute Gasteiger partial charge is 0.406 e. The van der Waals surface area contributed by atoms with E-state index in [1.165, 1.54) is 12.1 Å². The van der Waals surface area contributed by atoms with Crippen LogP contribution in [0.3, 0.4) is 0 Å². The lowest BCUT2D eigenvalue weighted by Gasteiger charge is -2.26. The van der Waals surface area contributed by atoms with Gasteiger partial charge in [0.15, 0.2) is 0 Å². The van der Waals surface area contributed by atoms with Gasteiger partial charge >= 0.3 is 6.36 Å². The first-order chi connectivity index (χ1) is 13.2. The fourth-order valence-corrected chi connectivity index (χ4v) is 2.83. The van der Waals surface area contributed by atoms with Crippen LogP contribution in [0.5, 0.6) is 5.75 Å². The summed E-state index contributed by atoms with van der Waals surface area (Å²) >= 11 is 0. The summed E-state index contributed by atoms with van der Waals surface area (Å²) in [4.78, 5) is 10.9. The fourth-order valence-electron chi connectivity index (χ4n) is 2.83. The Morgan fingerprint density at radius 3 is 2.39 bits per heavy atom. The van der Waals surface area contributed by atoms with Gasteiger partial charge in [0.2, 0.25) is 0 Å². The lowest BCUT2D eigenvalue weighted by Crippen LogP contribution is -2.30. The van der Waals surface area contributed by atoms with Crippen molar-refractivity contribution in [3.8, 4) is 17.0 Å². The summed E-state index contributed by atoms with van der Waals surface area (Å²) in [5, 5.41) is 0. The second-order valence-electron chi connectivity index (χ2n) is 6.74. The quantitative estimate of drug-likeness (QED) is 0.607. The highest BCUT2D eigenvalue weighted by Gasteiger charge is 2.31. The minimum Gasteiger partial charge on any atom is -0.406 e. The molecule has 0 aliphatic carbocycles. The van der Waals surface area contributed by atoms with Gasteiger partial charge in [0.05, 0.1) is 12.0 Å². The number of anilines is 1. The molecule has 0 fully saturated rings. The number of hydrogen-bond acceptors (Lipinski definition) is 4. The average Bonchev–Trinajstić information content (AvgIpc) is 3.05. The van der Waals surface area contributed by atoms with Crippen LogP contribution in [0.2, 0.25) is 0 Å². The maximum atomic E-state index is 12.3. The van der Waals surface area contributed by atoms with Crippen LogP contribution in [0.4, 0.5) is 19.0 Å². The molecule has 0 spiro atoms. The monoisotopic (exact) mass is 390 g/mol.